The molecule has 7 heteroatoms. The molecule has 1 aromatic heterocycles. The van der Waals surface area contributed by atoms with E-state index in [0.717, 1.165) is 30.7 Å². The van der Waals surface area contributed by atoms with E-state index >= 15 is 0 Å². The highest BCUT2D eigenvalue weighted by Gasteiger charge is 2.33. The molecule has 1 aliphatic heterocycles. The summed E-state index contributed by atoms with van der Waals surface area (Å²) in [6, 6.07) is 4.24. The van der Waals surface area contributed by atoms with E-state index < -0.39 is 17.7 Å². The van der Waals surface area contributed by atoms with Crippen molar-refractivity contribution in [2.45, 2.75) is 38.6 Å². The molecule has 1 fully saturated rings. The third-order valence-electron chi connectivity index (χ3n) is 4.15. The van der Waals surface area contributed by atoms with Crippen LogP contribution in [-0.4, -0.2) is 22.6 Å². The Morgan fingerprint density at radius 2 is 2.17 bits per heavy atom. The zero-order valence-electron chi connectivity index (χ0n) is 13.6. The molecule has 1 N–H and O–H groups in total. The number of aromatic nitrogens is 1. The lowest BCUT2D eigenvalue weighted by Gasteiger charge is -2.23. The summed E-state index contributed by atoms with van der Waals surface area (Å²) in [7, 11) is 0. The quantitative estimate of drug-likeness (QED) is 0.902. The largest absolute Gasteiger partial charge is 0.359 e. The van der Waals surface area contributed by atoms with E-state index in [1.54, 1.807) is 4.90 Å². The number of nitrogens with one attached hydrogen (secondary N) is 1. The normalized spacial score (nSPS) is 17.5. The number of carbonyl (C=O) groups is 1. The zero-order valence-corrected chi connectivity index (χ0v) is 13.6. The molecule has 0 bridgehead atoms. The lowest BCUT2D eigenvalue weighted by molar-refractivity contribution is 0.195. The van der Waals surface area contributed by atoms with E-state index in [4.69, 9.17) is 4.52 Å². The van der Waals surface area contributed by atoms with E-state index in [9.17, 15) is 13.6 Å². The smallest absolute Gasteiger partial charge is 0.322 e. The molecule has 3 rings (SSSR count). The molecule has 0 aliphatic carbocycles. The highest BCUT2D eigenvalue weighted by Crippen LogP contribution is 2.33. The van der Waals surface area contributed by atoms with Crippen molar-refractivity contribution in [1.29, 1.82) is 0 Å². The maximum atomic E-state index is 13.7. The third-order valence-corrected chi connectivity index (χ3v) is 4.15. The first-order valence-corrected chi connectivity index (χ1v) is 7.95. The Labute approximate surface area is 138 Å². The van der Waals surface area contributed by atoms with Gasteiger partial charge in [-0.05, 0) is 30.9 Å². The van der Waals surface area contributed by atoms with Gasteiger partial charge in [-0.3, -0.25) is 0 Å². The highest BCUT2D eigenvalue weighted by molar-refractivity contribution is 5.89. The van der Waals surface area contributed by atoms with Crippen molar-refractivity contribution >= 4 is 11.7 Å². The van der Waals surface area contributed by atoms with Gasteiger partial charge in [0.2, 0.25) is 0 Å². The monoisotopic (exact) mass is 335 g/mol. The first kappa shape index (κ1) is 16.4. The van der Waals surface area contributed by atoms with Crippen LogP contribution in [0.25, 0.3) is 0 Å². The summed E-state index contributed by atoms with van der Waals surface area (Å²) in [5.74, 6) is -0.626. The fraction of sp³-hybridized carbons (Fsp3) is 0.412. The van der Waals surface area contributed by atoms with Crippen LogP contribution >= 0.6 is 0 Å². The SMILES string of the molecule is CC(C)c1cc([C@H]2CCCN2C(=O)Nc2ccc(F)cc2F)on1. The average molecular weight is 335 g/mol. The van der Waals surface area contributed by atoms with Crippen LogP contribution in [0.4, 0.5) is 19.3 Å². The number of hydrogen-bond acceptors (Lipinski definition) is 3. The van der Waals surface area contributed by atoms with Crippen LogP contribution in [0.2, 0.25) is 0 Å². The summed E-state index contributed by atoms with van der Waals surface area (Å²) in [6.45, 7) is 4.56. The molecule has 2 heterocycles. The van der Waals surface area contributed by atoms with Gasteiger partial charge >= 0.3 is 6.03 Å². The Balaban J connectivity index is 1.75. The molecule has 128 valence electrons. The van der Waals surface area contributed by atoms with E-state index in [1.165, 1.54) is 6.07 Å². The van der Waals surface area contributed by atoms with E-state index in [2.05, 4.69) is 10.5 Å². The number of nitrogens with zero attached hydrogens (tertiary/aromatic N) is 2. The minimum Gasteiger partial charge on any atom is -0.359 e. The second-order valence-electron chi connectivity index (χ2n) is 6.21. The predicted molar refractivity (Wildman–Crippen MR) is 84.6 cm³/mol. The van der Waals surface area contributed by atoms with Crippen LogP contribution in [0.3, 0.4) is 0 Å². The van der Waals surface area contributed by atoms with E-state index in [1.807, 2.05) is 19.9 Å². The van der Waals surface area contributed by atoms with Crippen LogP contribution in [0, 0.1) is 11.6 Å². The lowest BCUT2D eigenvalue weighted by Crippen LogP contribution is -2.34. The summed E-state index contributed by atoms with van der Waals surface area (Å²) in [4.78, 5) is 14.1. The van der Waals surface area contributed by atoms with Crippen LogP contribution in [0.15, 0.2) is 28.8 Å². The van der Waals surface area contributed by atoms with Crippen molar-refractivity contribution < 1.29 is 18.1 Å². The number of likely N-dealkylation sites (tertiary alicyclic amines) is 1. The summed E-state index contributed by atoms with van der Waals surface area (Å²) in [5, 5.41) is 6.52. The van der Waals surface area contributed by atoms with Crippen LogP contribution in [-0.2, 0) is 0 Å². The topological polar surface area (TPSA) is 58.4 Å². The summed E-state index contributed by atoms with van der Waals surface area (Å²) in [5.41, 5.74) is 0.786. The fourth-order valence-corrected chi connectivity index (χ4v) is 2.82. The Kier molecular flexibility index (Phi) is 4.51. The van der Waals surface area contributed by atoms with E-state index in [0.29, 0.717) is 12.3 Å². The molecule has 0 saturated carbocycles. The number of anilines is 1. The maximum absolute atomic E-state index is 13.7. The van der Waals surface area contributed by atoms with Gasteiger partial charge in [-0.1, -0.05) is 19.0 Å². The Bertz CT molecular complexity index is 745. The van der Waals surface area contributed by atoms with Crippen LogP contribution in [0.5, 0.6) is 0 Å². The molecule has 2 aromatic rings. The molecule has 2 amide bonds. The van der Waals surface area contributed by atoms with Gasteiger partial charge in [0.05, 0.1) is 17.4 Å². The molecule has 5 nitrogen and oxygen atoms in total. The summed E-state index contributed by atoms with van der Waals surface area (Å²) in [6.07, 6.45) is 1.58. The zero-order chi connectivity index (χ0) is 17.3. The first-order valence-electron chi connectivity index (χ1n) is 7.95. The molecule has 1 saturated heterocycles. The average Bonchev–Trinajstić information content (AvgIpc) is 3.17. The molecule has 1 aliphatic rings. The molecule has 0 radical (unpaired) electrons. The second kappa shape index (κ2) is 6.59. The number of amides is 2. The van der Waals surface area contributed by atoms with Gasteiger partial charge in [0.25, 0.3) is 0 Å². The van der Waals surface area contributed by atoms with Gasteiger partial charge < -0.3 is 14.7 Å². The van der Waals surface area contributed by atoms with Gasteiger partial charge in [0, 0.05) is 18.7 Å². The van der Waals surface area contributed by atoms with Crippen molar-refractivity contribution in [3.63, 3.8) is 0 Å². The Morgan fingerprint density at radius 1 is 1.38 bits per heavy atom. The number of hydrogen-bond donors (Lipinski definition) is 1. The van der Waals surface area contributed by atoms with Gasteiger partial charge in [-0.25, -0.2) is 13.6 Å². The lowest BCUT2D eigenvalue weighted by atomic mass is 10.1. The van der Waals surface area contributed by atoms with Gasteiger partial charge in [0.1, 0.15) is 11.6 Å². The minimum atomic E-state index is -0.805. The van der Waals surface area contributed by atoms with Gasteiger partial charge in [-0.2, -0.15) is 0 Å². The van der Waals surface area contributed by atoms with Crippen molar-refractivity contribution in [2.75, 3.05) is 11.9 Å². The Hall–Kier alpha value is -2.44. The highest BCUT2D eigenvalue weighted by atomic mass is 19.1. The Morgan fingerprint density at radius 3 is 2.83 bits per heavy atom. The number of benzene rings is 1. The molecule has 1 aromatic carbocycles. The molecule has 24 heavy (non-hydrogen) atoms. The molecule has 0 unspecified atom stereocenters. The summed E-state index contributed by atoms with van der Waals surface area (Å²) < 4.78 is 32.0. The first-order chi connectivity index (χ1) is 11.5. The number of urea groups is 1. The minimum absolute atomic E-state index is 0.0486. The molecular formula is C17H19F2N3O2. The van der Waals surface area contributed by atoms with E-state index in [-0.39, 0.29) is 17.6 Å². The molecule has 1 atom stereocenters. The maximum Gasteiger partial charge on any atom is 0.322 e. The van der Waals surface area contributed by atoms with Crippen molar-refractivity contribution in [1.82, 2.24) is 10.1 Å². The van der Waals surface area contributed by atoms with Crippen molar-refractivity contribution in [2.24, 2.45) is 0 Å². The number of rotatable bonds is 3. The fourth-order valence-electron chi connectivity index (χ4n) is 2.82. The summed E-state index contributed by atoms with van der Waals surface area (Å²) >= 11 is 0. The van der Waals surface area contributed by atoms with Crippen molar-refractivity contribution in [3.05, 3.63) is 47.4 Å². The standard InChI is InChI=1S/C17H19F2N3O2/c1-10(2)14-9-16(24-21-14)15-4-3-7-22(15)17(23)20-13-6-5-11(18)8-12(13)19/h5-6,8-10,15H,3-4,7H2,1-2H3,(H,20,23)/t15-/m1/s1. The third kappa shape index (κ3) is 3.25. The second-order valence-corrected chi connectivity index (χ2v) is 6.21. The van der Waals surface area contributed by atoms with Gasteiger partial charge in [0.15, 0.2) is 5.76 Å². The molecule has 0 spiro atoms. The number of halogens is 2. The van der Waals surface area contributed by atoms with Crippen LogP contribution < -0.4 is 5.32 Å². The number of carbonyl (C=O) groups excluding carboxylic acids is 1. The van der Waals surface area contributed by atoms with Crippen LogP contribution in [0.1, 0.15) is 50.1 Å². The van der Waals surface area contributed by atoms with Gasteiger partial charge in [-0.15, -0.1) is 0 Å². The predicted octanol–water partition coefficient (Wildman–Crippen LogP) is 4.45. The molecular weight excluding hydrogens is 316 g/mol. The van der Waals surface area contributed by atoms with Crippen molar-refractivity contribution in [3.8, 4) is 0 Å².